The van der Waals surface area contributed by atoms with Crippen LogP contribution in [0.4, 0.5) is 0 Å². The molecule has 0 aromatic heterocycles. The van der Waals surface area contributed by atoms with Gasteiger partial charge in [0.2, 0.25) is 0 Å². The number of benzene rings is 1. The molecule has 0 saturated heterocycles. The summed E-state index contributed by atoms with van der Waals surface area (Å²) in [5.41, 5.74) is 2.16. The van der Waals surface area contributed by atoms with E-state index in [-0.39, 0.29) is 0 Å². The lowest BCUT2D eigenvalue weighted by Gasteiger charge is -1.91. The van der Waals surface area contributed by atoms with Gasteiger partial charge in [-0.25, -0.2) is 0 Å². The third kappa shape index (κ3) is 4.72. The van der Waals surface area contributed by atoms with E-state index in [1.165, 1.54) is 0 Å². The molecule has 0 unspecified atom stereocenters. The van der Waals surface area contributed by atoms with Crippen molar-refractivity contribution < 1.29 is 0 Å². The smallest absolute Gasteiger partial charge is 0.0246 e. The van der Waals surface area contributed by atoms with E-state index in [0.717, 1.165) is 36.8 Å². The minimum atomic E-state index is 0.970. The highest BCUT2D eigenvalue weighted by atomic mass is 13.9. The van der Waals surface area contributed by atoms with Crippen molar-refractivity contribution in [1.82, 2.24) is 0 Å². The largest absolute Gasteiger partial charge is 0.0979 e. The summed E-state index contributed by atoms with van der Waals surface area (Å²) in [6, 6.07) is 8.16. The fourth-order valence-corrected chi connectivity index (χ4v) is 1.22. The molecule has 0 saturated carbocycles. The second kappa shape index (κ2) is 7.61. The lowest BCUT2D eigenvalue weighted by Crippen LogP contribution is -1.77. The van der Waals surface area contributed by atoms with E-state index in [1.54, 1.807) is 0 Å². The summed E-state index contributed by atoms with van der Waals surface area (Å²) in [5, 5.41) is 0. The van der Waals surface area contributed by atoms with Gasteiger partial charge in [-0.05, 0) is 37.1 Å². The van der Waals surface area contributed by atoms with Crippen molar-refractivity contribution in [3.63, 3.8) is 0 Å². The van der Waals surface area contributed by atoms with E-state index in [9.17, 15) is 0 Å². The summed E-state index contributed by atoms with van der Waals surface area (Å²) >= 11 is 0. The summed E-state index contributed by atoms with van der Waals surface area (Å²) in [6.07, 6.45) is 4.18. The number of unbranched alkanes of at least 4 members (excludes halogenated alkanes) is 2. The molecule has 1 rings (SSSR count). The van der Waals surface area contributed by atoms with Crippen LogP contribution in [0.1, 0.15) is 50.7 Å². The Hall–Kier alpha value is -1.66. The molecule has 82 valence electrons. The third-order valence-corrected chi connectivity index (χ3v) is 2.10. The van der Waals surface area contributed by atoms with Gasteiger partial charge in [-0.2, -0.15) is 0 Å². The normalized spacial score (nSPS) is 8.62. The fraction of sp³-hybridized carbons (Fsp3) is 0.375. The van der Waals surface area contributed by atoms with Crippen molar-refractivity contribution in [1.29, 1.82) is 0 Å². The molecule has 0 aliphatic carbocycles. The lowest BCUT2D eigenvalue weighted by atomic mass is 10.1. The van der Waals surface area contributed by atoms with Crippen LogP contribution in [0.3, 0.4) is 0 Å². The molecule has 1 aromatic carbocycles. The highest BCUT2D eigenvalue weighted by molar-refractivity contribution is 5.41. The van der Waals surface area contributed by atoms with Crippen LogP contribution in [0.15, 0.2) is 24.3 Å². The van der Waals surface area contributed by atoms with Crippen LogP contribution < -0.4 is 0 Å². The molecule has 0 atom stereocenters. The molecule has 0 nitrogen and oxygen atoms in total. The van der Waals surface area contributed by atoms with E-state index in [1.807, 2.05) is 24.3 Å². The van der Waals surface area contributed by atoms with Gasteiger partial charge in [0.05, 0.1) is 0 Å². The maximum atomic E-state index is 3.14. The highest BCUT2D eigenvalue weighted by Crippen LogP contribution is 2.02. The molecular formula is C16H18. The second-order valence-corrected chi connectivity index (χ2v) is 3.68. The Morgan fingerprint density at radius 3 is 1.44 bits per heavy atom. The van der Waals surface area contributed by atoms with E-state index < -0.39 is 0 Å². The molecule has 0 bridgehead atoms. The van der Waals surface area contributed by atoms with Gasteiger partial charge in [0.25, 0.3) is 0 Å². The Kier molecular flexibility index (Phi) is 5.90. The molecule has 0 aliphatic rings. The molecule has 0 radical (unpaired) electrons. The summed E-state index contributed by atoms with van der Waals surface area (Å²) < 4.78 is 0. The SMILES string of the molecule is CCCC#Cc1ccc(C#CCCC)cc1. The highest BCUT2D eigenvalue weighted by Gasteiger charge is 1.87. The molecule has 16 heavy (non-hydrogen) atoms. The van der Waals surface area contributed by atoms with Gasteiger partial charge in [0, 0.05) is 24.0 Å². The molecule has 0 N–H and O–H groups in total. The second-order valence-electron chi connectivity index (χ2n) is 3.68. The zero-order chi connectivity index (χ0) is 11.6. The first-order valence-electron chi connectivity index (χ1n) is 5.94. The van der Waals surface area contributed by atoms with Crippen LogP contribution in [-0.4, -0.2) is 0 Å². The molecule has 0 heteroatoms. The zero-order valence-electron chi connectivity index (χ0n) is 10.1. The Labute approximate surface area is 99.1 Å². The van der Waals surface area contributed by atoms with Crippen molar-refractivity contribution in [2.24, 2.45) is 0 Å². The van der Waals surface area contributed by atoms with Crippen LogP contribution in [0.25, 0.3) is 0 Å². The van der Waals surface area contributed by atoms with Crippen LogP contribution in [0, 0.1) is 23.7 Å². The minimum Gasteiger partial charge on any atom is -0.0979 e. The van der Waals surface area contributed by atoms with Crippen molar-refractivity contribution in [3.8, 4) is 23.7 Å². The first-order chi connectivity index (χ1) is 7.86. The van der Waals surface area contributed by atoms with E-state index in [4.69, 9.17) is 0 Å². The van der Waals surface area contributed by atoms with Gasteiger partial charge in [0.1, 0.15) is 0 Å². The van der Waals surface area contributed by atoms with Gasteiger partial charge >= 0.3 is 0 Å². The molecule has 0 amide bonds. The number of hydrogen-bond acceptors (Lipinski definition) is 0. The Morgan fingerprint density at radius 2 is 1.12 bits per heavy atom. The maximum absolute atomic E-state index is 3.14. The molecule has 0 heterocycles. The first-order valence-corrected chi connectivity index (χ1v) is 5.94. The maximum Gasteiger partial charge on any atom is 0.0246 e. The van der Waals surface area contributed by atoms with E-state index in [0.29, 0.717) is 0 Å². The standard InChI is InChI=1S/C16H18/c1-3-5-7-9-15-11-13-16(14-12-15)10-8-6-4-2/h11-14H,3-6H2,1-2H3. The fourth-order valence-electron chi connectivity index (χ4n) is 1.22. The van der Waals surface area contributed by atoms with Crippen molar-refractivity contribution >= 4 is 0 Å². The lowest BCUT2D eigenvalue weighted by molar-refractivity contribution is 0.983. The van der Waals surface area contributed by atoms with E-state index >= 15 is 0 Å². The van der Waals surface area contributed by atoms with Crippen LogP contribution in [0.2, 0.25) is 0 Å². The van der Waals surface area contributed by atoms with Crippen molar-refractivity contribution in [3.05, 3.63) is 35.4 Å². The minimum absolute atomic E-state index is 0.970. The average molecular weight is 210 g/mol. The monoisotopic (exact) mass is 210 g/mol. The predicted octanol–water partition coefficient (Wildman–Crippen LogP) is 3.99. The average Bonchev–Trinajstić information content (AvgIpc) is 2.32. The molecular weight excluding hydrogens is 192 g/mol. The third-order valence-electron chi connectivity index (χ3n) is 2.10. The zero-order valence-corrected chi connectivity index (χ0v) is 10.1. The summed E-state index contributed by atoms with van der Waals surface area (Å²) in [7, 11) is 0. The van der Waals surface area contributed by atoms with Gasteiger partial charge in [-0.1, -0.05) is 37.5 Å². The number of hydrogen-bond donors (Lipinski definition) is 0. The molecule has 1 aromatic rings. The van der Waals surface area contributed by atoms with E-state index in [2.05, 4.69) is 37.5 Å². The van der Waals surface area contributed by atoms with Crippen LogP contribution in [0.5, 0.6) is 0 Å². The predicted molar refractivity (Wildman–Crippen MR) is 70.0 cm³/mol. The van der Waals surface area contributed by atoms with Gasteiger partial charge in [-0.3, -0.25) is 0 Å². The van der Waals surface area contributed by atoms with Crippen LogP contribution in [-0.2, 0) is 0 Å². The quantitative estimate of drug-likeness (QED) is 0.647. The Morgan fingerprint density at radius 1 is 0.750 bits per heavy atom. The van der Waals surface area contributed by atoms with Gasteiger partial charge in [0.15, 0.2) is 0 Å². The van der Waals surface area contributed by atoms with Gasteiger partial charge in [-0.15, -0.1) is 0 Å². The Balaban J connectivity index is 2.63. The molecule has 0 aliphatic heterocycles. The molecule has 0 fully saturated rings. The summed E-state index contributed by atoms with van der Waals surface area (Å²) in [4.78, 5) is 0. The first kappa shape index (κ1) is 12.4. The molecule has 0 spiro atoms. The van der Waals surface area contributed by atoms with Crippen molar-refractivity contribution in [2.75, 3.05) is 0 Å². The summed E-state index contributed by atoms with van der Waals surface area (Å²) in [5.74, 6) is 12.6. The van der Waals surface area contributed by atoms with Crippen molar-refractivity contribution in [2.45, 2.75) is 39.5 Å². The Bertz CT molecular complexity index is 372. The summed E-state index contributed by atoms with van der Waals surface area (Å²) in [6.45, 7) is 4.28. The van der Waals surface area contributed by atoms with Crippen LogP contribution >= 0.6 is 0 Å². The van der Waals surface area contributed by atoms with Gasteiger partial charge < -0.3 is 0 Å². The number of rotatable bonds is 2. The topological polar surface area (TPSA) is 0 Å².